The van der Waals surface area contributed by atoms with Crippen molar-refractivity contribution in [2.24, 2.45) is 5.73 Å². The van der Waals surface area contributed by atoms with Crippen molar-refractivity contribution in [1.29, 1.82) is 0 Å². The van der Waals surface area contributed by atoms with Gasteiger partial charge in [-0.15, -0.1) is 0 Å². The first-order valence-electron chi connectivity index (χ1n) is 9.05. The lowest BCUT2D eigenvalue weighted by molar-refractivity contribution is -0.118. The van der Waals surface area contributed by atoms with Gasteiger partial charge in [0.05, 0.1) is 18.4 Å². The molecule has 1 unspecified atom stereocenters. The van der Waals surface area contributed by atoms with Crippen molar-refractivity contribution in [3.8, 4) is 11.1 Å². The molecule has 1 aromatic carbocycles. The van der Waals surface area contributed by atoms with Gasteiger partial charge in [0.1, 0.15) is 6.54 Å². The van der Waals surface area contributed by atoms with E-state index in [-0.39, 0.29) is 18.5 Å². The lowest BCUT2D eigenvalue weighted by Crippen LogP contribution is -2.36. The van der Waals surface area contributed by atoms with Crippen LogP contribution in [-0.4, -0.2) is 37.4 Å². The maximum atomic E-state index is 12.5. The molecule has 2 heterocycles. The van der Waals surface area contributed by atoms with Gasteiger partial charge >= 0.3 is 0 Å². The summed E-state index contributed by atoms with van der Waals surface area (Å²) in [6, 6.07) is 9.20. The van der Waals surface area contributed by atoms with Gasteiger partial charge in [-0.1, -0.05) is 12.1 Å². The van der Waals surface area contributed by atoms with Gasteiger partial charge in [-0.3, -0.25) is 19.0 Å². The Kier molecular flexibility index (Phi) is 5.58. The molecule has 0 aliphatic heterocycles. The Balaban J connectivity index is 1.62. The van der Waals surface area contributed by atoms with E-state index in [1.165, 1.54) is 4.68 Å². The number of carbonyl (C=O) groups is 2. The molecule has 0 aliphatic rings. The smallest absolute Gasteiger partial charge is 0.251 e. The minimum absolute atomic E-state index is 0.0353. The highest BCUT2D eigenvalue weighted by atomic mass is 16.2. The second-order valence-corrected chi connectivity index (χ2v) is 6.95. The third-order valence-corrected chi connectivity index (χ3v) is 4.36. The summed E-state index contributed by atoms with van der Waals surface area (Å²) in [7, 11) is 0. The number of primary amides is 1. The quantitative estimate of drug-likeness (QED) is 0.650. The molecule has 146 valence electrons. The van der Waals surface area contributed by atoms with Gasteiger partial charge in [-0.2, -0.15) is 10.2 Å². The number of aromatic nitrogens is 4. The van der Waals surface area contributed by atoms with Crippen LogP contribution in [0.3, 0.4) is 0 Å². The molecule has 8 heteroatoms. The number of hydrogen-bond acceptors (Lipinski definition) is 4. The van der Waals surface area contributed by atoms with E-state index in [0.717, 1.165) is 22.5 Å². The number of benzene rings is 1. The zero-order valence-corrected chi connectivity index (χ0v) is 16.2. The van der Waals surface area contributed by atoms with Gasteiger partial charge in [-0.25, -0.2) is 0 Å². The molecule has 3 aromatic rings. The van der Waals surface area contributed by atoms with Crippen LogP contribution in [0.1, 0.15) is 28.7 Å². The van der Waals surface area contributed by atoms with Gasteiger partial charge < -0.3 is 11.1 Å². The molecule has 0 radical (unpaired) electrons. The Morgan fingerprint density at radius 3 is 2.50 bits per heavy atom. The first kappa shape index (κ1) is 19.3. The van der Waals surface area contributed by atoms with Crippen LogP contribution in [-0.2, 0) is 17.9 Å². The fraction of sp³-hybridized carbons (Fsp3) is 0.300. The average molecular weight is 380 g/mol. The second-order valence-electron chi connectivity index (χ2n) is 6.95. The van der Waals surface area contributed by atoms with Crippen molar-refractivity contribution in [3.05, 3.63) is 59.7 Å². The molecule has 3 rings (SSSR count). The number of carbonyl (C=O) groups excluding carboxylic acids is 2. The highest BCUT2D eigenvalue weighted by Gasteiger charge is 2.12. The third kappa shape index (κ3) is 4.64. The largest absolute Gasteiger partial charge is 0.368 e. The third-order valence-electron chi connectivity index (χ3n) is 4.36. The van der Waals surface area contributed by atoms with Gasteiger partial charge in [0.25, 0.3) is 5.91 Å². The lowest BCUT2D eigenvalue weighted by atomic mass is 10.1. The molecule has 0 saturated heterocycles. The molecule has 0 aliphatic carbocycles. The van der Waals surface area contributed by atoms with E-state index in [9.17, 15) is 9.59 Å². The number of nitrogens with one attached hydrogen (secondary N) is 1. The van der Waals surface area contributed by atoms with Gasteiger partial charge in [-0.05, 0) is 44.5 Å². The summed E-state index contributed by atoms with van der Waals surface area (Å²) in [6.45, 7) is 6.55. The highest BCUT2D eigenvalue weighted by molar-refractivity contribution is 5.94. The summed E-state index contributed by atoms with van der Waals surface area (Å²) >= 11 is 0. The van der Waals surface area contributed by atoms with Crippen LogP contribution in [0.15, 0.2) is 42.7 Å². The maximum absolute atomic E-state index is 12.5. The maximum Gasteiger partial charge on any atom is 0.251 e. The SMILES string of the molecule is Cc1cc(C)n(CC(C)NC(=O)c2ccc(-c3cnn(CC(N)=O)c3)cc2)n1. The van der Waals surface area contributed by atoms with Crippen LogP contribution in [0.5, 0.6) is 0 Å². The van der Waals surface area contributed by atoms with Crippen molar-refractivity contribution in [3.63, 3.8) is 0 Å². The van der Waals surface area contributed by atoms with Crippen LogP contribution in [0.4, 0.5) is 0 Å². The van der Waals surface area contributed by atoms with E-state index in [1.807, 2.05) is 43.7 Å². The van der Waals surface area contributed by atoms with Gasteiger partial charge in [0, 0.05) is 29.1 Å². The second kappa shape index (κ2) is 8.08. The van der Waals surface area contributed by atoms with Crippen LogP contribution < -0.4 is 11.1 Å². The van der Waals surface area contributed by atoms with Crippen molar-refractivity contribution in [2.45, 2.75) is 39.9 Å². The minimum Gasteiger partial charge on any atom is -0.368 e. The number of hydrogen-bond donors (Lipinski definition) is 2. The molecule has 28 heavy (non-hydrogen) atoms. The van der Waals surface area contributed by atoms with E-state index in [4.69, 9.17) is 5.73 Å². The van der Waals surface area contributed by atoms with Crippen LogP contribution >= 0.6 is 0 Å². The molecule has 2 amide bonds. The van der Waals surface area contributed by atoms with Crippen molar-refractivity contribution in [1.82, 2.24) is 24.9 Å². The summed E-state index contributed by atoms with van der Waals surface area (Å²) in [5, 5.41) is 11.5. The predicted molar refractivity (Wildman–Crippen MR) is 105 cm³/mol. The number of amides is 2. The summed E-state index contributed by atoms with van der Waals surface area (Å²) in [5.41, 5.74) is 9.54. The fourth-order valence-electron chi connectivity index (χ4n) is 3.04. The van der Waals surface area contributed by atoms with E-state index < -0.39 is 5.91 Å². The summed E-state index contributed by atoms with van der Waals surface area (Å²) < 4.78 is 3.38. The molecule has 0 bridgehead atoms. The van der Waals surface area contributed by atoms with Crippen LogP contribution in [0, 0.1) is 13.8 Å². The molecule has 1 atom stereocenters. The first-order chi connectivity index (χ1) is 13.3. The highest BCUT2D eigenvalue weighted by Crippen LogP contribution is 2.19. The topological polar surface area (TPSA) is 108 Å². The Labute approximate surface area is 163 Å². The summed E-state index contributed by atoms with van der Waals surface area (Å²) in [6.07, 6.45) is 3.41. The molecular formula is C20H24N6O2. The molecule has 0 saturated carbocycles. The molecular weight excluding hydrogens is 356 g/mol. The molecule has 3 N–H and O–H groups in total. The van der Waals surface area contributed by atoms with E-state index in [1.54, 1.807) is 24.5 Å². The Morgan fingerprint density at radius 1 is 1.18 bits per heavy atom. The molecule has 0 spiro atoms. The van der Waals surface area contributed by atoms with E-state index in [2.05, 4.69) is 15.5 Å². The lowest BCUT2D eigenvalue weighted by Gasteiger charge is -2.15. The Bertz CT molecular complexity index is 987. The molecule has 2 aromatic heterocycles. The normalized spacial score (nSPS) is 12.0. The first-order valence-corrected chi connectivity index (χ1v) is 9.05. The molecule has 0 fully saturated rings. The van der Waals surface area contributed by atoms with E-state index >= 15 is 0 Å². The van der Waals surface area contributed by atoms with Crippen LogP contribution in [0.25, 0.3) is 11.1 Å². The predicted octanol–water partition coefficient (Wildman–Crippen LogP) is 1.67. The minimum atomic E-state index is -0.448. The number of rotatable bonds is 7. The number of aryl methyl sites for hydroxylation is 2. The average Bonchev–Trinajstić information content (AvgIpc) is 3.20. The van der Waals surface area contributed by atoms with Gasteiger partial charge in [0.2, 0.25) is 5.91 Å². The Hall–Kier alpha value is -3.42. The summed E-state index contributed by atoms with van der Waals surface area (Å²) in [4.78, 5) is 23.5. The number of nitrogens with two attached hydrogens (primary N) is 1. The van der Waals surface area contributed by atoms with Crippen LogP contribution in [0.2, 0.25) is 0 Å². The fourth-order valence-corrected chi connectivity index (χ4v) is 3.04. The Morgan fingerprint density at radius 2 is 1.89 bits per heavy atom. The molecule has 8 nitrogen and oxygen atoms in total. The summed E-state index contributed by atoms with van der Waals surface area (Å²) in [5.74, 6) is -0.582. The zero-order valence-electron chi connectivity index (χ0n) is 16.2. The van der Waals surface area contributed by atoms with Gasteiger partial charge in [0.15, 0.2) is 0 Å². The van der Waals surface area contributed by atoms with Crippen molar-refractivity contribution in [2.75, 3.05) is 0 Å². The monoisotopic (exact) mass is 380 g/mol. The van der Waals surface area contributed by atoms with Crippen molar-refractivity contribution >= 4 is 11.8 Å². The zero-order chi connectivity index (χ0) is 20.3. The standard InChI is InChI=1S/C20H24N6O2/c1-13-8-15(3)26(24-13)10-14(2)23-20(28)17-6-4-16(5-7-17)18-9-22-25(11-18)12-19(21)27/h4-9,11,14H,10,12H2,1-3H3,(H2,21,27)(H,23,28). The van der Waals surface area contributed by atoms with E-state index in [0.29, 0.717) is 12.1 Å². The number of nitrogens with zero attached hydrogens (tertiary/aromatic N) is 4. The van der Waals surface area contributed by atoms with Crippen molar-refractivity contribution < 1.29 is 9.59 Å².